The third kappa shape index (κ3) is 5.55. The monoisotopic (exact) mass is 572 g/mol. The number of sulfonamides is 1. The van der Waals surface area contributed by atoms with Crippen LogP contribution in [0, 0.1) is 5.92 Å². The molecule has 3 fully saturated rings. The van der Waals surface area contributed by atoms with Crippen molar-refractivity contribution in [2.75, 3.05) is 6.54 Å². The molecule has 1 aromatic rings. The second-order valence-electron chi connectivity index (χ2n) is 12.0. The topological polar surface area (TPSA) is 142 Å². The summed E-state index contributed by atoms with van der Waals surface area (Å²) in [6, 6.07) is 0.516. The highest BCUT2D eigenvalue weighted by Crippen LogP contribution is 2.47. The molecule has 0 aromatic carbocycles. The van der Waals surface area contributed by atoms with Gasteiger partial charge in [-0.25, -0.2) is 8.42 Å². The molecule has 3 N–H and O–H groups in total. The molecule has 2 saturated carbocycles. The summed E-state index contributed by atoms with van der Waals surface area (Å²) in [5, 5.41) is 10.5. The molecule has 1 saturated heterocycles. The Bertz CT molecular complexity index is 1330. The lowest BCUT2D eigenvalue weighted by Crippen LogP contribution is -2.58. The molecule has 11 nitrogen and oxygen atoms in total. The van der Waals surface area contributed by atoms with Crippen LogP contribution in [0.2, 0.25) is 0 Å². The van der Waals surface area contributed by atoms with Gasteiger partial charge in [-0.05, 0) is 64.4 Å². The first kappa shape index (κ1) is 28.4. The smallest absolute Gasteiger partial charge is 0.259 e. The fourth-order valence-corrected chi connectivity index (χ4v) is 7.05. The van der Waals surface area contributed by atoms with Gasteiger partial charge < -0.3 is 15.5 Å². The second-order valence-corrected chi connectivity index (χ2v) is 14.2. The highest BCUT2D eigenvalue weighted by atomic mass is 32.2. The Morgan fingerprint density at radius 1 is 1.18 bits per heavy atom. The minimum absolute atomic E-state index is 0.183. The molecule has 4 aliphatic rings. The number of aromatic nitrogens is 2. The maximum Gasteiger partial charge on any atom is 0.259 e. The van der Waals surface area contributed by atoms with E-state index in [9.17, 15) is 22.8 Å². The van der Waals surface area contributed by atoms with Gasteiger partial charge in [-0.2, -0.15) is 5.10 Å². The van der Waals surface area contributed by atoms with Crippen molar-refractivity contribution < 1.29 is 22.8 Å². The average Bonchev–Trinajstić information content (AvgIpc) is 3.66. The first-order valence-corrected chi connectivity index (χ1v) is 15.8. The van der Waals surface area contributed by atoms with Crippen LogP contribution in [0.5, 0.6) is 0 Å². The van der Waals surface area contributed by atoms with Crippen molar-refractivity contribution in [2.24, 2.45) is 13.0 Å². The highest BCUT2D eigenvalue weighted by molar-refractivity contribution is 7.91. The molecule has 12 heteroatoms. The van der Waals surface area contributed by atoms with Gasteiger partial charge in [-0.1, -0.05) is 31.6 Å². The third-order valence-corrected chi connectivity index (χ3v) is 11.0. The molecule has 0 bridgehead atoms. The molecule has 2 aliphatic heterocycles. The van der Waals surface area contributed by atoms with E-state index in [1.54, 1.807) is 16.5 Å². The Hall–Kier alpha value is -3.15. The van der Waals surface area contributed by atoms with Crippen molar-refractivity contribution in [2.45, 2.75) is 93.5 Å². The summed E-state index contributed by atoms with van der Waals surface area (Å²) < 4.78 is 28.6. The Morgan fingerprint density at radius 2 is 1.95 bits per heavy atom. The SMILES string of the molecule is C=C(N[C@H]1CCCCC/C=C\C2C[C@@]2(C(=O)NS(=O)(=O)C2(C)CC2)NC(=O)C2CCCN2C1=O)c1ccn(C)n1. The summed E-state index contributed by atoms with van der Waals surface area (Å²) in [7, 11) is -2.05. The number of aryl methyl sites for hydroxylation is 1. The summed E-state index contributed by atoms with van der Waals surface area (Å²) >= 11 is 0. The summed E-state index contributed by atoms with van der Waals surface area (Å²) in [4.78, 5) is 42.5. The number of nitrogens with zero attached hydrogens (tertiary/aromatic N) is 3. The number of amides is 3. The number of hydrogen-bond donors (Lipinski definition) is 3. The maximum absolute atomic E-state index is 13.8. The van der Waals surface area contributed by atoms with Gasteiger partial charge in [0.15, 0.2) is 0 Å². The third-order valence-electron chi connectivity index (χ3n) is 8.84. The fraction of sp³-hybridized carbons (Fsp3) is 0.643. The Morgan fingerprint density at radius 3 is 2.65 bits per heavy atom. The van der Waals surface area contributed by atoms with Crippen LogP contribution in [0.3, 0.4) is 0 Å². The van der Waals surface area contributed by atoms with Crippen molar-refractivity contribution in [3.63, 3.8) is 0 Å². The first-order valence-electron chi connectivity index (χ1n) is 14.3. The van der Waals surface area contributed by atoms with E-state index in [1.807, 2.05) is 31.5 Å². The number of carbonyl (C=O) groups is 3. The largest absolute Gasteiger partial charge is 0.372 e. The van der Waals surface area contributed by atoms with Crippen LogP contribution in [-0.4, -0.2) is 69.7 Å². The summed E-state index contributed by atoms with van der Waals surface area (Å²) in [5.41, 5.74) is -0.148. The molecule has 0 radical (unpaired) electrons. The van der Waals surface area contributed by atoms with E-state index < -0.39 is 44.2 Å². The van der Waals surface area contributed by atoms with Crippen molar-refractivity contribution in [1.82, 2.24) is 30.0 Å². The minimum Gasteiger partial charge on any atom is -0.372 e. The van der Waals surface area contributed by atoms with Crippen LogP contribution >= 0.6 is 0 Å². The van der Waals surface area contributed by atoms with Gasteiger partial charge in [-0.3, -0.25) is 23.8 Å². The van der Waals surface area contributed by atoms with E-state index in [4.69, 9.17) is 0 Å². The predicted molar refractivity (Wildman–Crippen MR) is 150 cm³/mol. The van der Waals surface area contributed by atoms with Crippen molar-refractivity contribution in [3.8, 4) is 0 Å². The lowest BCUT2D eigenvalue weighted by molar-refractivity contribution is -0.141. The molecular weight excluding hydrogens is 532 g/mol. The van der Waals surface area contributed by atoms with Crippen molar-refractivity contribution in [3.05, 3.63) is 36.7 Å². The van der Waals surface area contributed by atoms with Crippen LogP contribution in [0.4, 0.5) is 0 Å². The molecule has 40 heavy (non-hydrogen) atoms. The Balaban J connectivity index is 1.36. The van der Waals surface area contributed by atoms with Crippen LogP contribution in [0.15, 0.2) is 31.0 Å². The zero-order valence-electron chi connectivity index (χ0n) is 23.3. The van der Waals surface area contributed by atoms with E-state index in [0.717, 1.165) is 25.7 Å². The van der Waals surface area contributed by atoms with Crippen LogP contribution in [0.25, 0.3) is 5.70 Å². The first-order chi connectivity index (χ1) is 19.0. The number of rotatable bonds is 6. The van der Waals surface area contributed by atoms with Gasteiger partial charge in [0.05, 0.1) is 10.4 Å². The average molecular weight is 573 g/mol. The fourth-order valence-electron chi connectivity index (χ4n) is 5.73. The van der Waals surface area contributed by atoms with Gasteiger partial charge >= 0.3 is 0 Å². The number of carbonyl (C=O) groups excluding carboxylic acids is 3. The lowest BCUT2D eigenvalue weighted by atomic mass is 10.0. The van der Waals surface area contributed by atoms with E-state index >= 15 is 0 Å². The molecule has 218 valence electrons. The van der Waals surface area contributed by atoms with Gasteiger partial charge in [0.25, 0.3) is 5.91 Å². The van der Waals surface area contributed by atoms with Gasteiger partial charge in [-0.15, -0.1) is 0 Å². The van der Waals surface area contributed by atoms with Crippen LogP contribution in [-0.2, 0) is 31.5 Å². The molecular formula is C28H40N6O5S. The zero-order valence-corrected chi connectivity index (χ0v) is 24.1. The minimum atomic E-state index is -3.86. The molecule has 5 rings (SSSR count). The van der Waals surface area contributed by atoms with E-state index in [0.29, 0.717) is 56.5 Å². The number of nitrogens with one attached hydrogen (secondary N) is 3. The standard InChI is InChI=1S/C28H40N6O5S/c1-19(21-13-17-33(3)31-21)29-22-11-8-6-4-5-7-10-20-18-28(20,26(37)32-40(38,39)27(2)14-15-27)30-24(35)23-12-9-16-34(23)25(22)36/h7,10,13,17,20,22-23,29H,1,4-6,8-9,11-12,14-16,18H2,2-3H3,(H,30,35)(H,32,37)/b10-7-/t20?,22-,23?,28+/m0/s1. The normalized spacial score (nSPS) is 31.1. The summed E-state index contributed by atoms with van der Waals surface area (Å²) in [5.74, 6) is -1.61. The Kier molecular flexibility index (Phi) is 7.58. The van der Waals surface area contributed by atoms with Crippen LogP contribution < -0.4 is 15.4 Å². The van der Waals surface area contributed by atoms with E-state index in [1.165, 1.54) is 0 Å². The summed E-state index contributed by atoms with van der Waals surface area (Å²) in [6.07, 6.45) is 12.2. The quantitative estimate of drug-likeness (QED) is 0.441. The molecule has 3 heterocycles. The summed E-state index contributed by atoms with van der Waals surface area (Å²) in [6.45, 7) is 6.14. The van der Waals surface area contributed by atoms with Crippen molar-refractivity contribution >= 4 is 33.4 Å². The maximum atomic E-state index is 13.8. The Labute approximate surface area is 235 Å². The highest BCUT2D eigenvalue weighted by Gasteiger charge is 2.62. The van der Waals surface area contributed by atoms with Gasteiger partial charge in [0, 0.05) is 25.7 Å². The van der Waals surface area contributed by atoms with E-state index in [2.05, 4.69) is 27.0 Å². The molecule has 4 atom stereocenters. The number of allylic oxidation sites excluding steroid dienone is 1. The molecule has 0 spiro atoms. The molecule has 2 aliphatic carbocycles. The predicted octanol–water partition coefficient (Wildman–Crippen LogP) is 1.73. The van der Waals surface area contributed by atoms with Crippen LogP contribution in [0.1, 0.15) is 76.8 Å². The number of fused-ring (bicyclic) bond motifs is 2. The lowest BCUT2D eigenvalue weighted by Gasteiger charge is -2.30. The number of hydrogen-bond acceptors (Lipinski definition) is 7. The molecule has 2 unspecified atom stereocenters. The van der Waals surface area contributed by atoms with Gasteiger partial charge in [0.2, 0.25) is 21.8 Å². The molecule has 3 amide bonds. The van der Waals surface area contributed by atoms with Crippen molar-refractivity contribution in [1.29, 1.82) is 0 Å². The molecule has 1 aromatic heterocycles. The second kappa shape index (κ2) is 10.7. The van der Waals surface area contributed by atoms with Gasteiger partial charge in [0.1, 0.15) is 23.3 Å². The van der Waals surface area contributed by atoms with E-state index in [-0.39, 0.29) is 11.8 Å². The zero-order chi connectivity index (χ0) is 28.7.